The number of carbonyl (C=O) groups is 5. The van der Waals surface area contributed by atoms with Crippen LogP contribution in [0.1, 0.15) is 87.7 Å². The molecule has 12 rings (SSSR count). The number of Topliss-reactive ketones (excluding diaryl/α,β-unsaturated/α-hetero) is 4. The van der Waals surface area contributed by atoms with E-state index >= 15 is 0 Å². The third kappa shape index (κ3) is 21.1. The van der Waals surface area contributed by atoms with Gasteiger partial charge in [-0.15, -0.1) is 45.3 Å². The summed E-state index contributed by atoms with van der Waals surface area (Å²) in [7, 11) is 0. The maximum atomic E-state index is 12.5. The predicted molar refractivity (Wildman–Crippen MR) is 373 cm³/mol. The second kappa shape index (κ2) is 37.1. The number of esters is 1. The molecule has 5 heterocycles. The lowest BCUT2D eigenvalue weighted by Gasteiger charge is -2.16. The summed E-state index contributed by atoms with van der Waals surface area (Å²) in [5.41, 5.74) is 7.36. The summed E-state index contributed by atoms with van der Waals surface area (Å²) >= 11 is 5.61. The number of aromatic hydroxyl groups is 8. The molecule has 0 saturated heterocycles. The Balaban J connectivity index is 0.000000424. The quantitative estimate of drug-likeness (QED) is 0.0125. The molecule has 21 nitrogen and oxygen atoms in total. The zero-order valence-corrected chi connectivity index (χ0v) is 50.9. The van der Waals surface area contributed by atoms with E-state index < -0.39 is 5.97 Å². The van der Waals surface area contributed by atoms with E-state index in [1.807, 2.05) is 64.7 Å². The lowest BCUT2D eigenvalue weighted by atomic mass is 9.99. The van der Waals surface area contributed by atoms with E-state index in [0.717, 1.165) is 26.3 Å². The van der Waals surface area contributed by atoms with Gasteiger partial charge in [-0.2, -0.15) is 0 Å². The van der Waals surface area contributed by atoms with Gasteiger partial charge in [-0.1, -0.05) is 109 Å². The van der Waals surface area contributed by atoms with E-state index in [0.29, 0.717) is 68.5 Å². The zero-order chi connectivity index (χ0) is 62.4. The standard InChI is InChI=1S/C20H13NO3S.C17H13NO5S.C17H13NO3S.C12H11NO3S.4CH4.3H2O/c22-19-14-8-4-5-9-17(14)24-20(23)15(19)10-11-18-21-16(12-25-18)13-6-2-1-3-7-13;19-12-3-1-9(5-15(12)22)11-8-24-17(18-11)7-14(21)10-2-4-13(20)16(23)6-10;19-14-7-6-12(8-16(14)21)13-10-22-17(18-13)9-15(20)11-4-2-1-3-5-11;1-7(14)4-12-13-9(6-17-12)8-2-3-10(15)11(16)5-8;;;;;;;/h1-10,12H,11H2;1-6,8,19-20,22-23H,7H2;1-8,10,19,21H,9H2;2-3,5-6,15-16H,4H2,1H3;4*1H4;3*1H2/b15-10-;;;;;;;;;;. The fraction of sp³-hybridized carbons (Fsp3) is 0.129. The molecule has 7 aromatic carbocycles. The van der Waals surface area contributed by atoms with Crippen LogP contribution >= 0.6 is 45.3 Å². The van der Waals surface area contributed by atoms with Crippen molar-refractivity contribution in [2.75, 3.05) is 0 Å². The minimum atomic E-state index is -0.608. The Bertz CT molecular complexity index is 4390. The van der Waals surface area contributed by atoms with Gasteiger partial charge in [0.05, 0.1) is 52.6 Å². The number of aromatic nitrogens is 4. The number of ketones is 4. The minimum Gasteiger partial charge on any atom is -0.504 e. The normalized spacial score (nSPS) is 11.0. The lowest BCUT2D eigenvalue weighted by molar-refractivity contribution is -0.130. The van der Waals surface area contributed by atoms with E-state index in [2.05, 4.69) is 19.9 Å². The molecular formula is C70H72N4O17S4. The summed E-state index contributed by atoms with van der Waals surface area (Å²) in [6.07, 6.45) is 2.65. The first-order valence-electron chi connectivity index (χ1n) is 26.4. The number of phenols is 8. The van der Waals surface area contributed by atoms with E-state index in [1.54, 1.807) is 66.1 Å². The average molecular weight is 1370 g/mol. The van der Waals surface area contributed by atoms with Gasteiger partial charge in [0, 0.05) is 61.3 Å². The third-order valence-corrected chi connectivity index (χ3v) is 16.2. The first-order chi connectivity index (χ1) is 42.3. The molecule has 95 heavy (non-hydrogen) atoms. The highest BCUT2D eigenvalue weighted by molar-refractivity contribution is 7.10. The van der Waals surface area contributed by atoms with Crippen LogP contribution in [0.3, 0.4) is 0 Å². The van der Waals surface area contributed by atoms with Crippen molar-refractivity contribution in [1.29, 1.82) is 0 Å². The van der Waals surface area contributed by atoms with Crippen molar-refractivity contribution in [2.24, 2.45) is 0 Å². The fourth-order valence-electron chi connectivity index (χ4n) is 8.28. The molecule has 0 unspecified atom stereocenters. The molecule has 4 aromatic heterocycles. The molecule has 498 valence electrons. The zero-order valence-electron chi connectivity index (χ0n) is 47.7. The van der Waals surface area contributed by atoms with Gasteiger partial charge in [0.2, 0.25) is 5.78 Å². The van der Waals surface area contributed by atoms with Crippen LogP contribution in [0.15, 0.2) is 191 Å². The average Bonchev–Trinajstić information content (AvgIpc) is 1.07. The molecule has 0 saturated carbocycles. The number of fused-ring (bicyclic) bond motifs is 1. The summed E-state index contributed by atoms with van der Waals surface area (Å²) in [4.78, 5) is 77.5. The molecule has 0 atom stereocenters. The van der Waals surface area contributed by atoms with Crippen LogP contribution in [0.5, 0.6) is 51.7 Å². The number of thiazole rings is 4. The van der Waals surface area contributed by atoms with Crippen molar-refractivity contribution in [3.8, 4) is 96.8 Å². The summed E-state index contributed by atoms with van der Waals surface area (Å²) < 4.78 is 5.23. The molecule has 11 aromatic rings. The van der Waals surface area contributed by atoms with Crippen LogP contribution in [-0.2, 0) is 35.3 Å². The predicted octanol–water partition coefficient (Wildman–Crippen LogP) is 13.2. The van der Waals surface area contributed by atoms with Crippen LogP contribution in [0.4, 0.5) is 0 Å². The highest BCUT2D eigenvalue weighted by Crippen LogP contribution is 2.35. The number of para-hydroxylation sites is 1. The second-order valence-corrected chi connectivity index (χ2v) is 22.9. The van der Waals surface area contributed by atoms with Crippen molar-refractivity contribution in [1.82, 2.24) is 19.9 Å². The van der Waals surface area contributed by atoms with E-state index in [-0.39, 0.29) is 139 Å². The summed E-state index contributed by atoms with van der Waals surface area (Å²) in [6.45, 7) is 1.52. The van der Waals surface area contributed by atoms with Crippen LogP contribution < -0.4 is 4.74 Å². The number of phenolic OH excluding ortho intramolecular Hbond substituents is 8. The van der Waals surface area contributed by atoms with Crippen molar-refractivity contribution in [2.45, 2.75) is 62.3 Å². The number of carbonyl (C=O) groups excluding carboxylic acids is 5. The highest BCUT2D eigenvalue weighted by Gasteiger charge is 2.30. The van der Waals surface area contributed by atoms with Gasteiger partial charge < -0.3 is 62.0 Å². The molecular weight excluding hydrogens is 1300 g/mol. The second-order valence-electron chi connectivity index (χ2n) is 19.2. The molecule has 14 N–H and O–H groups in total. The molecule has 0 spiro atoms. The maximum Gasteiger partial charge on any atom is 0.347 e. The van der Waals surface area contributed by atoms with Gasteiger partial charge in [0.25, 0.3) is 0 Å². The van der Waals surface area contributed by atoms with Gasteiger partial charge in [-0.3, -0.25) is 19.2 Å². The number of hydrogen-bond donors (Lipinski definition) is 8. The van der Waals surface area contributed by atoms with E-state index in [9.17, 15) is 64.8 Å². The molecule has 0 amide bonds. The van der Waals surface area contributed by atoms with Gasteiger partial charge in [-0.05, 0) is 91.9 Å². The summed E-state index contributed by atoms with van der Waals surface area (Å²) in [5, 5.41) is 85.3. The van der Waals surface area contributed by atoms with Crippen molar-refractivity contribution in [3.63, 3.8) is 0 Å². The molecule has 0 radical (unpaired) electrons. The number of ether oxygens (including phenoxy) is 1. The van der Waals surface area contributed by atoms with Gasteiger partial charge in [0.15, 0.2) is 57.6 Å². The SMILES string of the molecule is C.C.C.C.CC(=O)Cc1nc(-c2ccc(O)c(O)c2)cs1.O.O.O.O=C(Cc1nc(-c2ccc(O)c(O)c2)cs1)c1ccc(O)c(O)c1.O=C(Cc1nc(-c2ccc(O)c(O)c2)cs1)c1ccccc1.O=C1Oc2ccccc2C(=O)/C1=C/Cc1nc(-c2ccccc2)cs1. The Labute approximate surface area is 563 Å². The Kier molecular flexibility index (Phi) is 31.3. The Morgan fingerprint density at radius 3 is 1.22 bits per heavy atom. The Morgan fingerprint density at radius 1 is 0.411 bits per heavy atom. The van der Waals surface area contributed by atoms with Crippen LogP contribution in [0.2, 0.25) is 0 Å². The molecule has 0 bridgehead atoms. The first kappa shape index (κ1) is 80.3. The largest absolute Gasteiger partial charge is 0.504 e. The molecule has 1 aliphatic heterocycles. The van der Waals surface area contributed by atoms with E-state index in [4.69, 9.17) is 4.74 Å². The van der Waals surface area contributed by atoms with Crippen LogP contribution in [0, 0.1) is 0 Å². The smallest absolute Gasteiger partial charge is 0.347 e. The first-order valence-corrected chi connectivity index (χ1v) is 30.0. The number of allylic oxidation sites excluding steroid dienone is 1. The van der Waals surface area contributed by atoms with Gasteiger partial charge in [-0.25, -0.2) is 24.7 Å². The third-order valence-electron chi connectivity index (χ3n) is 12.8. The summed E-state index contributed by atoms with van der Waals surface area (Å²) in [6, 6.07) is 43.1. The van der Waals surface area contributed by atoms with Crippen LogP contribution in [0.25, 0.3) is 45.0 Å². The number of hydrogen-bond acceptors (Lipinski definition) is 22. The van der Waals surface area contributed by atoms with Crippen LogP contribution in [-0.4, -0.2) is 106 Å². The van der Waals surface area contributed by atoms with Gasteiger partial charge in [0.1, 0.15) is 32.1 Å². The monoisotopic (exact) mass is 1370 g/mol. The molecule has 0 fully saturated rings. The van der Waals surface area contributed by atoms with Crippen molar-refractivity contribution >= 4 is 74.4 Å². The van der Waals surface area contributed by atoms with E-state index in [1.165, 1.54) is 107 Å². The molecule has 25 heteroatoms. The van der Waals surface area contributed by atoms with Crippen molar-refractivity contribution in [3.05, 3.63) is 228 Å². The Morgan fingerprint density at radius 2 is 0.779 bits per heavy atom. The number of nitrogens with zero attached hydrogens (tertiary/aromatic N) is 4. The fourth-order valence-corrected chi connectivity index (χ4v) is 11.5. The molecule has 1 aliphatic rings. The topological polar surface area (TPSA) is 402 Å². The minimum absolute atomic E-state index is 0. The maximum absolute atomic E-state index is 12.5. The Hall–Kier alpha value is -10.8. The molecule has 0 aliphatic carbocycles. The lowest BCUT2D eigenvalue weighted by Crippen LogP contribution is -2.25. The van der Waals surface area contributed by atoms with Crippen molar-refractivity contribution < 1.29 is 86.0 Å². The number of benzene rings is 7. The number of rotatable bonds is 14. The summed E-state index contributed by atoms with van der Waals surface area (Å²) in [5.74, 6) is -2.51. The van der Waals surface area contributed by atoms with Gasteiger partial charge >= 0.3 is 5.97 Å². The highest BCUT2D eigenvalue weighted by atomic mass is 32.1.